The first-order chi connectivity index (χ1) is 10.8. The monoisotopic (exact) mass is 315 g/mol. The van der Waals surface area contributed by atoms with Crippen molar-refractivity contribution in [1.29, 1.82) is 0 Å². The maximum absolute atomic E-state index is 12.7. The number of fused-ring (bicyclic) bond motifs is 1. The smallest absolute Gasteiger partial charge is 0.237 e. The van der Waals surface area contributed by atoms with Crippen LogP contribution in [0.2, 0.25) is 0 Å². The van der Waals surface area contributed by atoms with E-state index >= 15 is 0 Å². The second-order valence-corrected chi connectivity index (χ2v) is 6.85. The number of carbonyl (C=O) groups is 3. The molecule has 1 aliphatic rings. The first kappa shape index (κ1) is 17.4. The van der Waals surface area contributed by atoms with Gasteiger partial charge in [0.05, 0.1) is 5.41 Å². The third kappa shape index (κ3) is 3.36. The first-order valence-electron chi connectivity index (χ1n) is 8.17. The van der Waals surface area contributed by atoms with Crippen LogP contribution in [0.15, 0.2) is 24.3 Å². The maximum atomic E-state index is 12.7. The fourth-order valence-electron chi connectivity index (χ4n) is 3.34. The summed E-state index contributed by atoms with van der Waals surface area (Å²) in [4.78, 5) is 37.9. The van der Waals surface area contributed by atoms with Crippen molar-refractivity contribution in [3.63, 3.8) is 0 Å². The second kappa shape index (κ2) is 6.65. The van der Waals surface area contributed by atoms with Crippen molar-refractivity contribution < 1.29 is 14.4 Å². The van der Waals surface area contributed by atoms with E-state index < -0.39 is 5.41 Å². The number of hydrogen-bond acceptors (Lipinski definition) is 3. The highest BCUT2D eigenvalue weighted by Gasteiger charge is 2.47. The predicted octanol–water partition coefficient (Wildman–Crippen LogP) is 3.28. The fraction of sp³-hybridized carbons (Fsp3) is 0.526. The first-order valence-corrected chi connectivity index (χ1v) is 8.17. The molecule has 1 aromatic rings. The number of carbonyl (C=O) groups excluding carboxylic acids is 3. The quantitative estimate of drug-likeness (QED) is 0.776. The van der Waals surface area contributed by atoms with Gasteiger partial charge in [-0.2, -0.15) is 0 Å². The third-order valence-corrected chi connectivity index (χ3v) is 4.88. The number of hydrogen-bond donors (Lipinski definition) is 0. The maximum Gasteiger partial charge on any atom is 0.237 e. The van der Waals surface area contributed by atoms with Gasteiger partial charge in [0.25, 0.3) is 0 Å². The summed E-state index contributed by atoms with van der Waals surface area (Å²) >= 11 is 0. The van der Waals surface area contributed by atoms with Gasteiger partial charge in [-0.25, -0.2) is 0 Å². The molecule has 2 atom stereocenters. The summed E-state index contributed by atoms with van der Waals surface area (Å²) in [5.41, 5.74) is 1.03. The molecule has 0 bridgehead atoms. The minimum Gasteiger partial charge on any atom is -0.314 e. The Labute approximate surface area is 137 Å². The molecule has 0 saturated carbocycles. The van der Waals surface area contributed by atoms with Crippen molar-refractivity contribution in [1.82, 2.24) is 0 Å². The lowest BCUT2D eigenvalue weighted by Crippen LogP contribution is -2.38. The lowest BCUT2D eigenvalue weighted by molar-refractivity contribution is -0.129. The summed E-state index contributed by atoms with van der Waals surface area (Å²) in [5.74, 6) is 0.0904. The molecule has 2 unspecified atom stereocenters. The van der Waals surface area contributed by atoms with E-state index in [0.29, 0.717) is 12.8 Å². The molecule has 4 heteroatoms. The molecule has 1 aromatic carbocycles. The van der Waals surface area contributed by atoms with Gasteiger partial charge >= 0.3 is 0 Å². The van der Waals surface area contributed by atoms with E-state index in [2.05, 4.69) is 0 Å². The molecule has 1 heterocycles. The van der Waals surface area contributed by atoms with E-state index in [9.17, 15) is 14.4 Å². The lowest BCUT2D eigenvalue weighted by atomic mass is 9.77. The van der Waals surface area contributed by atoms with E-state index in [0.717, 1.165) is 17.7 Å². The van der Waals surface area contributed by atoms with Gasteiger partial charge < -0.3 is 9.69 Å². The van der Waals surface area contributed by atoms with E-state index in [-0.39, 0.29) is 29.8 Å². The molecule has 1 aliphatic heterocycles. The Morgan fingerprint density at radius 1 is 1.26 bits per heavy atom. The zero-order valence-corrected chi connectivity index (χ0v) is 14.4. The average Bonchev–Trinajstić information content (AvgIpc) is 2.69. The number of Topliss-reactive ketones (excluding diaryl/α,β-unsaturated/α-hetero) is 2. The van der Waals surface area contributed by atoms with Crippen molar-refractivity contribution in [3.8, 4) is 0 Å². The number of benzene rings is 1. The normalized spacial score (nSPS) is 21.2. The number of para-hydroxylation sites is 1. The largest absolute Gasteiger partial charge is 0.314 e. The molecular weight excluding hydrogens is 290 g/mol. The lowest BCUT2D eigenvalue weighted by Gasteiger charge is -2.24. The third-order valence-electron chi connectivity index (χ3n) is 4.88. The van der Waals surface area contributed by atoms with Crippen molar-refractivity contribution >= 4 is 23.2 Å². The van der Waals surface area contributed by atoms with E-state index in [1.54, 1.807) is 18.9 Å². The van der Waals surface area contributed by atoms with Crippen molar-refractivity contribution in [2.24, 2.45) is 5.92 Å². The van der Waals surface area contributed by atoms with Crippen LogP contribution in [0.3, 0.4) is 0 Å². The molecule has 2 rings (SSSR count). The number of anilines is 1. The van der Waals surface area contributed by atoms with Gasteiger partial charge in [-0.15, -0.1) is 0 Å². The zero-order chi connectivity index (χ0) is 17.2. The second-order valence-electron chi connectivity index (χ2n) is 6.85. The molecule has 0 aliphatic carbocycles. The highest BCUT2D eigenvalue weighted by Crippen LogP contribution is 2.43. The molecule has 4 nitrogen and oxygen atoms in total. The average molecular weight is 315 g/mol. The van der Waals surface area contributed by atoms with Crippen LogP contribution in [0.1, 0.15) is 52.0 Å². The van der Waals surface area contributed by atoms with Gasteiger partial charge in [-0.05, 0) is 38.3 Å². The highest BCUT2D eigenvalue weighted by atomic mass is 16.2. The van der Waals surface area contributed by atoms with Gasteiger partial charge in [0.15, 0.2) is 0 Å². The van der Waals surface area contributed by atoms with E-state index in [1.165, 1.54) is 0 Å². The zero-order valence-electron chi connectivity index (χ0n) is 14.4. The van der Waals surface area contributed by atoms with E-state index in [1.807, 2.05) is 38.1 Å². The molecule has 1 amide bonds. The van der Waals surface area contributed by atoms with Crippen LogP contribution in [0.25, 0.3) is 0 Å². The number of ketones is 2. The molecule has 0 saturated heterocycles. The summed E-state index contributed by atoms with van der Waals surface area (Å²) in [6.07, 6.45) is 2.15. The van der Waals surface area contributed by atoms with Crippen LogP contribution >= 0.6 is 0 Å². The molecule has 0 aromatic heterocycles. The summed E-state index contributed by atoms with van der Waals surface area (Å²) in [7, 11) is 1.76. The number of rotatable bonds is 7. The standard InChI is InChI=1S/C19H25NO3/c1-13(8-7-9-14(2)21)17(22)12-19(3)15-10-5-6-11-16(15)20(4)18(19)23/h5-6,10-11,13H,7-9,12H2,1-4H3. The van der Waals surface area contributed by atoms with Gasteiger partial charge in [-0.3, -0.25) is 9.59 Å². The van der Waals surface area contributed by atoms with Gasteiger partial charge in [0, 0.05) is 31.5 Å². The minimum atomic E-state index is -0.780. The van der Waals surface area contributed by atoms with Crippen LogP contribution in [-0.4, -0.2) is 24.5 Å². The Hall–Kier alpha value is -1.97. The SMILES string of the molecule is CC(=O)CCCC(C)C(=O)CC1(C)C(=O)N(C)c2ccccc21. The summed E-state index contributed by atoms with van der Waals surface area (Å²) in [6.45, 7) is 5.32. The highest BCUT2D eigenvalue weighted by molar-refractivity contribution is 6.09. The molecule has 0 radical (unpaired) electrons. The Kier molecular flexibility index (Phi) is 5.03. The minimum absolute atomic E-state index is 0.0250. The predicted molar refractivity (Wildman–Crippen MR) is 90.5 cm³/mol. The van der Waals surface area contributed by atoms with Crippen LogP contribution < -0.4 is 4.90 Å². The summed E-state index contributed by atoms with van der Waals surface area (Å²) < 4.78 is 0. The van der Waals surface area contributed by atoms with Crippen LogP contribution in [0.5, 0.6) is 0 Å². The van der Waals surface area contributed by atoms with Crippen LogP contribution in [0, 0.1) is 5.92 Å². The van der Waals surface area contributed by atoms with Crippen LogP contribution in [0.4, 0.5) is 5.69 Å². The Balaban J connectivity index is 2.11. The number of likely N-dealkylation sites (N-methyl/N-ethyl adjacent to an activating group) is 1. The van der Waals surface area contributed by atoms with Crippen molar-refractivity contribution in [2.75, 3.05) is 11.9 Å². The van der Waals surface area contributed by atoms with Crippen LogP contribution in [-0.2, 0) is 19.8 Å². The Morgan fingerprint density at radius 2 is 1.91 bits per heavy atom. The van der Waals surface area contributed by atoms with Crippen molar-refractivity contribution in [2.45, 2.75) is 51.9 Å². The molecular formula is C19H25NO3. The topological polar surface area (TPSA) is 54.5 Å². The number of nitrogens with zero attached hydrogens (tertiary/aromatic N) is 1. The number of amides is 1. The summed E-state index contributed by atoms with van der Waals surface area (Å²) in [6, 6.07) is 7.66. The Bertz CT molecular complexity index is 637. The molecule has 0 spiro atoms. The molecule has 124 valence electrons. The molecule has 23 heavy (non-hydrogen) atoms. The molecule has 0 fully saturated rings. The van der Waals surface area contributed by atoms with Gasteiger partial charge in [-0.1, -0.05) is 25.1 Å². The van der Waals surface area contributed by atoms with E-state index in [4.69, 9.17) is 0 Å². The molecule has 0 N–H and O–H groups in total. The van der Waals surface area contributed by atoms with Gasteiger partial charge in [0.2, 0.25) is 5.91 Å². The van der Waals surface area contributed by atoms with Crippen molar-refractivity contribution in [3.05, 3.63) is 29.8 Å². The Morgan fingerprint density at radius 3 is 2.57 bits per heavy atom. The summed E-state index contributed by atoms with van der Waals surface area (Å²) in [5, 5.41) is 0. The van der Waals surface area contributed by atoms with Gasteiger partial charge in [0.1, 0.15) is 11.6 Å². The fourth-order valence-corrected chi connectivity index (χ4v) is 3.34.